The van der Waals surface area contributed by atoms with Crippen molar-refractivity contribution in [1.29, 1.82) is 5.26 Å². The number of hydrogen-bond donors (Lipinski definition) is 0. The summed E-state index contributed by atoms with van der Waals surface area (Å²) < 4.78 is 0. The van der Waals surface area contributed by atoms with Gasteiger partial charge in [0.25, 0.3) is 0 Å². The van der Waals surface area contributed by atoms with Crippen molar-refractivity contribution in [2.75, 3.05) is 0 Å². The molecule has 0 unspecified atom stereocenters. The number of nitriles is 1. The lowest BCUT2D eigenvalue weighted by molar-refractivity contribution is 0.275. The highest BCUT2D eigenvalue weighted by atomic mass is 35.5. The molecule has 0 N–H and O–H groups in total. The van der Waals surface area contributed by atoms with Gasteiger partial charge in [0.2, 0.25) is 0 Å². The van der Waals surface area contributed by atoms with Gasteiger partial charge in [0.15, 0.2) is 0 Å². The largest absolute Gasteiger partial charge is 0.291 e. The summed E-state index contributed by atoms with van der Waals surface area (Å²) in [6.07, 6.45) is 0. The Morgan fingerprint density at radius 1 is 1.05 bits per heavy atom. The monoisotopic (exact) mass is 268 g/mol. The van der Waals surface area contributed by atoms with Crippen molar-refractivity contribution in [2.45, 2.75) is 19.6 Å². The Morgan fingerprint density at radius 3 is 2.53 bits per heavy atom. The Bertz CT molecular complexity index is 641. The number of hydrogen-bond acceptors (Lipinski definition) is 2. The number of nitrogens with zero attached hydrogens (tertiary/aromatic N) is 2. The molecule has 0 fully saturated rings. The van der Waals surface area contributed by atoms with E-state index in [2.05, 4.69) is 29.2 Å². The van der Waals surface area contributed by atoms with Crippen molar-refractivity contribution in [3.05, 3.63) is 69.7 Å². The van der Waals surface area contributed by atoms with E-state index in [0.29, 0.717) is 0 Å². The van der Waals surface area contributed by atoms with Gasteiger partial charge in [-0.15, -0.1) is 0 Å². The average Bonchev–Trinajstić information content (AvgIpc) is 2.82. The number of rotatable bonds is 2. The second-order valence-electron chi connectivity index (χ2n) is 4.87. The van der Waals surface area contributed by atoms with Crippen LogP contribution in [-0.4, -0.2) is 4.90 Å². The minimum absolute atomic E-state index is 0.743. The summed E-state index contributed by atoms with van der Waals surface area (Å²) >= 11 is 5.89. The molecule has 1 aliphatic rings. The fraction of sp³-hybridized carbons (Fsp3) is 0.188. The maximum atomic E-state index is 8.92. The molecule has 3 rings (SSSR count). The highest BCUT2D eigenvalue weighted by Gasteiger charge is 2.19. The van der Waals surface area contributed by atoms with Crippen LogP contribution in [0.2, 0.25) is 5.02 Å². The lowest BCUT2D eigenvalue weighted by Crippen LogP contribution is -2.15. The van der Waals surface area contributed by atoms with Crippen molar-refractivity contribution in [2.24, 2.45) is 0 Å². The van der Waals surface area contributed by atoms with Gasteiger partial charge in [0, 0.05) is 24.7 Å². The molecule has 0 atom stereocenters. The first-order valence-corrected chi connectivity index (χ1v) is 6.61. The molecule has 0 saturated carbocycles. The summed E-state index contributed by atoms with van der Waals surface area (Å²) in [5.41, 5.74) is 4.60. The van der Waals surface area contributed by atoms with Gasteiger partial charge in [0.05, 0.1) is 11.6 Å². The van der Waals surface area contributed by atoms with Crippen LogP contribution >= 0.6 is 11.6 Å². The Morgan fingerprint density at radius 2 is 1.79 bits per heavy atom. The first kappa shape index (κ1) is 12.2. The Labute approximate surface area is 117 Å². The summed E-state index contributed by atoms with van der Waals surface area (Å²) in [5, 5.41) is 9.69. The molecule has 2 aromatic carbocycles. The van der Waals surface area contributed by atoms with Gasteiger partial charge in [-0.25, -0.2) is 0 Å². The predicted molar refractivity (Wildman–Crippen MR) is 75.6 cm³/mol. The van der Waals surface area contributed by atoms with Crippen molar-refractivity contribution in [3.8, 4) is 6.07 Å². The zero-order valence-electron chi connectivity index (χ0n) is 10.4. The molecule has 0 saturated heterocycles. The molecular formula is C16H13ClN2. The minimum atomic E-state index is 0.743. The molecule has 0 radical (unpaired) electrons. The molecule has 0 amide bonds. The maximum absolute atomic E-state index is 8.92. The second-order valence-corrected chi connectivity index (χ2v) is 5.30. The first-order valence-electron chi connectivity index (χ1n) is 6.23. The van der Waals surface area contributed by atoms with Crippen LogP contribution < -0.4 is 0 Å². The molecule has 0 aromatic heterocycles. The maximum Gasteiger partial charge on any atom is 0.0991 e. The fourth-order valence-electron chi connectivity index (χ4n) is 2.49. The average molecular weight is 269 g/mol. The molecule has 0 aliphatic carbocycles. The van der Waals surface area contributed by atoms with E-state index < -0.39 is 0 Å². The molecule has 2 nitrogen and oxygen atoms in total. The van der Waals surface area contributed by atoms with E-state index in [1.54, 1.807) is 0 Å². The van der Waals surface area contributed by atoms with Gasteiger partial charge in [0.1, 0.15) is 0 Å². The van der Waals surface area contributed by atoms with Crippen molar-refractivity contribution in [3.63, 3.8) is 0 Å². The van der Waals surface area contributed by atoms with Crippen LogP contribution in [0.5, 0.6) is 0 Å². The highest BCUT2D eigenvalue weighted by Crippen LogP contribution is 2.25. The second kappa shape index (κ2) is 5.05. The molecular weight excluding hydrogens is 256 g/mol. The predicted octanol–water partition coefficient (Wildman–Crippen LogP) is 3.73. The Balaban J connectivity index is 1.73. The van der Waals surface area contributed by atoms with Gasteiger partial charge >= 0.3 is 0 Å². The lowest BCUT2D eigenvalue weighted by atomic mass is 10.1. The van der Waals surface area contributed by atoms with Gasteiger partial charge in [-0.2, -0.15) is 5.26 Å². The normalized spacial score (nSPS) is 14.1. The van der Waals surface area contributed by atoms with E-state index in [-0.39, 0.29) is 0 Å². The SMILES string of the molecule is N#Cc1ccc2c(c1)CN(Cc1ccc(Cl)cc1)C2. The Hall–Kier alpha value is -1.82. The molecule has 94 valence electrons. The Kier molecular flexibility index (Phi) is 3.25. The molecule has 19 heavy (non-hydrogen) atoms. The summed E-state index contributed by atoms with van der Waals surface area (Å²) in [4.78, 5) is 2.37. The van der Waals surface area contributed by atoms with Gasteiger partial charge < -0.3 is 0 Å². The third-order valence-electron chi connectivity index (χ3n) is 3.44. The molecule has 3 heteroatoms. The molecule has 0 spiro atoms. The van der Waals surface area contributed by atoms with E-state index in [4.69, 9.17) is 16.9 Å². The summed E-state index contributed by atoms with van der Waals surface area (Å²) in [7, 11) is 0. The third-order valence-corrected chi connectivity index (χ3v) is 3.69. The van der Waals surface area contributed by atoms with Crippen LogP contribution in [0.15, 0.2) is 42.5 Å². The number of halogens is 1. The first-order chi connectivity index (χ1) is 9.24. The summed E-state index contributed by atoms with van der Waals surface area (Å²) in [5.74, 6) is 0. The topological polar surface area (TPSA) is 27.0 Å². The van der Waals surface area contributed by atoms with E-state index in [1.165, 1.54) is 16.7 Å². The van der Waals surface area contributed by atoms with Crippen molar-refractivity contribution in [1.82, 2.24) is 4.90 Å². The summed E-state index contributed by atoms with van der Waals surface area (Å²) in [6.45, 7) is 2.77. The molecule has 2 aromatic rings. The third kappa shape index (κ3) is 2.63. The van der Waals surface area contributed by atoms with Gasteiger partial charge in [-0.1, -0.05) is 29.8 Å². The van der Waals surface area contributed by atoms with Gasteiger partial charge in [-0.05, 0) is 41.0 Å². The quantitative estimate of drug-likeness (QED) is 0.830. The van der Waals surface area contributed by atoms with Crippen LogP contribution in [0.25, 0.3) is 0 Å². The number of fused-ring (bicyclic) bond motifs is 1. The molecule has 0 bridgehead atoms. The minimum Gasteiger partial charge on any atom is -0.291 e. The zero-order valence-corrected chi connectivity index (χ0v) is 11.2. The van der Waals surface area contributed by atoms with Crippen LogP contribution in [0, 0.1) is 11.3 Å². The molecule has 1 aliphatic heterocycles. The van der Waals surface area contributed by atoms with E-state index in [9.17, 15) is 0 Å². The van der Waals surface area contributed by atoms with E-state index in [0.717, 1.165) is 30.2 Å². The smallest absolute Gasteiger partial charge is 0.0991 e. The summed E-state index contributed by atoms with van der Waals surface area (Å²) in [6, 6.07) is 16.1. The van der Waals surface area contributed by atoms with Crippen LogP contribution in [0.4, 0.5) is 0 Å². The fourth-order valence-corrected chi connectivity index (χ4v) is 2.62. The van der Waals surface area contributed by atoms with Crippen LogP contribution in [-0.2, 0) is 19.6 Å². The van der Waals surface area contributed by atoms with E-state index >= 15 is 0 Å². The van der Waals surface area contributed by atoms with E-state index in [1.807, 2.05) is 24.3 Å². The highest BCUT2D eigenvalue weighted by molar-refractivity contribution is 6.30. The van der Waals surface area contributed by atoms with Crippen LogP contribution in [0.1, 0.15) is 22.3 Å². The van der Waals surface area contributed by atoms with Crippen LogP contribution in [0.3, 0.4) is 0 Å². The van der Waals surface area contributed by atoms with Gasteiger partial charge in [-0.3, -0.25) is 4.90 Å². The number of benzene rings is 2. The van der Waals surface area contributed by atoms with Crippen molar-refractivity contribution < 1.29 is 0 Å². The standard InChI is InChI=1S/C16H13ClN2/c17-16-5-2-12(3-6-16)9-19-10-14-4-1-13(8-18)7-15(14)11-19/h1-7H,9-11H2. The zero-order chi connectivity index (χ0) is 13.2. The molecule has 1 heterocycles. The van der Waals surface area contributed by atoms with Crippen molar-refractivity contribution >= 4 is 11.6 Å². The lowest BCUT2D eigenvalue weighted by Gasteiger charge is -2.14.